The predicted octanol–water partition coefficient (Wildman–Crippen LogP) is 4.63. The van der Waals surface area contributed by atoms with Gasteiger partial charge in [0.1, 0.15) is 0 Å². The molecular weight excluding hydrogens is 246 g/mol. The highest BCUT2D eigenvalue weighted by Crippen LogP contribution is 2.29. The van der Waals surface area contributed by atoms with Crippen molar-refractivity contribution in [3.05, 3.63) is 0 Å². The molecule has 1 aliphatic rings. The fraction of sp³-hybridized carbons (Fsp3) is 1.00. The number of ether oxygens (including phenoxy) is 1. The van der Waals surface area contributed by atoms with Crippen molar-refractivity contribution in [2.45, 2.75) is 79.2 Å². The molecule has 0 aromatic carbocycles. The minimum atomic E-state index is 0.452. The lowest BCUT2D eigenvalue weighted by Crippen LogP contribution is -2.35. The van der Waals surface area contributed by atoms with Crippen LogP contribution in [0.2, 0.25) is 0 Å². The molecule has 0 amide bonds. The summed E-state index contributed by atoms with van der Waals surface area (Å²) >= 11 is 0. The van der Waals surface area contributed by atoms with Gasteiger partial charge in [-0.3, -0.25) is 0 Å². The summed E-state index contributed by atoms with van der Waals surface area (Å²) in [6.07, 6.45) is 7.76. The molecule has 1 fully saturated rings. The highest BCUT2D eigenvalue weighted by atomic mass is 16.5. The quantitative estimate of drug-likeness (QED) is 0.701. The third-order valence-corrected chi connectivity index (χ3v) is 4.29. The monoisotopic (exact) mass is 283 g/mol. The topological polar surface area (TPSA) is 21.3 Å². The van der Waals surface area contributed by atoms with Crippen molar-refractivity contribution in [1.82, 2.24) is 5.32 Å². The summed E-state index contributed by atoms with van der Waals surface area (Å²) in [5, 5.41) is 3.79. The smallest absolute Gasteiger partial charge is 0.0468 e. The third-order valence-electron chi connectivity index (χ3n) is 4.29. The first-order valence-corrected chi connectivity index (χ1v) is 8.72. The van der Waals surface area contributed by atoms with Crippen LogP contribution in [0.3, 0.4) is 0 Å². The largest absolute Gasteiger partial charge is 0.381 e. The molecule has 0 spiro atoms. The van der Waals surface area contributed by atoms with E-state index < -0.39 is 0 Å². The van der Waals surface area contributed by atoms with Crippen LogP contribution in [0.5, 0.6) is 0 Å². The van der Waals surface area contributed by atoms with Crippen LogP contribution >= 0.6 is 0 Å². The van der Waals surface area contributed by atoms with Crippen LogP contribution in [0.15, 0.2) is 0 Å². The minimum Gasteiger partial charge on any atom is -0.381 e. The molecule has 1 rings (SSSR count). The molecule has 0 aromatic heterocycles. The van der Waals surface area contributed by atoms with E-state index in [1.54, 1.807) is 0 Å². The molecule has 0 aromatic rings. The Balaban J connectivity index is 2.41. The van der Waals surface area contributed by atoms with Crippen LogP contribution in [0.25, 0.3) is 0 Å². The predicted molar refractivity (Wildman–Crippen MR) is 88.1 cm³/mol. The molecule has 1 aliphatic heterocycles. The maximum atomic E-state index is 5.49. The van der Waals surface area contributed by atoms with Crippen molar-refractivity contribution in [2.24, 2.45) is 17.3 Å². The fourth-order valence-electron chi connectivity index (χ4n) is 3.61. The summed E-state index contributed by atoms with van der Waals surface area (Å²) in [5.74, 6) is 1.68. The summed E-state index contributed by atoms with van der Waals surface area (Å²) in [6, 6.07) is 0.704. The van der Waals surface area contributed by atoms with Gasteiger partial charge < -0.3 is 10.1 Å². The van der Waals surface area contributed by atoms with Gasteiger partial charge in [0.05, 0.1) is 0 Å². The van der Waals surface area contributed by atoms with E-state index in [4.69, 9.17) is 4.74 Å². The second kappa shape index (κ2) is 9.04. The normalized spacial score (nSPS) is 20.9. The van der Waals surface area contributed by atoms with Crippen molar-refractivity contribution in [3.8, 4) is 0 Å². The lowest BCUT2D eigenvalue weighted by Gasteiger charge is -2.31. The molecule has 2 unspecified atom stereocenters. The average Bonchev–Trinajstić information content (AvgIpc) is 2.35. The molecule has 0 radical (unpaired) electrons. The van der Waals surface area contributed by atoms with Gasteiger partial charge >= 0.3 is 0 Å². The number of nitrogens with one attached hydrogen (secondary N) is 1. The number of hydrogen-bond acceptors (Lipinski definition) is 2. The zero-order valence-electron chi connectivity index (χ0n) is 14.5. The van der Waals surface area contributed by atoms with E-state index in [9.17, 15) is 0 Å². The highest BCUT2D eigenvalue weighted by Gasteiger charge is 2.22. The molecule has 2 nitrogen and oxygen atoms in total. The Bertz CT molecular complexity index is 240. The van der Waals surface area contributed by atoms with Crippen LogP contribution in [0.4, 0.5) is 0 Å². The maximum absolute atomic E-state index is 5.49. The van der Waals surface area contributed by atoms with Crippen LogP contribution in [0.1, 0.15) is 73.1 Å². The number of hydrogen-bond donors (Lipinski definition) is 1. The molecule has 1 heterocycles. The summed E-state index contributed by atoms with van der Waals surface area (Å²) < 4.78 is 5.49. The standard InChI is InChI=1S/C18H37NO/c1-6-9-19-17(12-15(2)14-18(3,4)5)13-16-7-10-20-11-8-16/h15-17,19H,6-14H2,1-5H3. The van der Waals surface area contributed by atoms with E-state index >= 15 is 0 Å². The first kappa shape index (κ1) is 18.0. The lowest BCUT2D eigenvalue weighted by atomic mass is 9.81. The molecule has 2 heteroatoms. The van der Waals surface area contributed by atoms with Crippen LogP contribution in [0, 0.1) is 17.3 Å². The van der Waals surface area contributed by atoms with E-state index in [1.165, 1.54) is 38.5 Å². The van der Waals surface area contributed by atoms with E-state index in [1.807, 2.05) is 0 Å². The first-order chi connectivity index (χ1) is 9.40. The van der Waals surface area contributed by atoms with Gasteiger partial charge in [-0.15, -0.1) is 0 Å². The van der Waals surface area contributed by atoms with Crippen LogP contribution in [-0.2, 0) is 4.74 Å². The number of rotatable bonds is 8. The second-order valence-electron chi connectivity index (χ2n) is 8.05. The average molecular weight is 284 g/mol. The second-order valence-corrected chi connectivity index (χ2v) is 8.05. The Hall–Kier alpha value is -0.0800. The van der Waals surface area contributed by atoms with Gasteiger partial charge in [-0.05, 0) is 62.3 Å². The Morgan fingerprint density at radius 1 is 1.20 bits per heavy atom. The maximum Gasteiger partial charge on any atom is 0.0468 e. The van der Waals surface area contributed by atoms with Gasteiger partial charge in [0.15, 0.2) is 0 Å². The van der Waals surface area contributed by atoms with Gasteiger partial charge in [0.2, 0.25) is 0 Å². The van der Waals surface area contributed by atoms with Gasteiger partial charge in [-0.2, -0.15) is 0 Å². The van der Waals surface area contributed by atoms with E-state index in [0.717, 1.165) is 31.6 Å². The van der Waals surface area contributed by atoms with E-state index in [0.29, 0.717) is 11.5 Å². The van der Waals surface area contributed by atoms with E-state index in [2.05, 4.69) is 39.9 Å². The SMILES string of the molecule is CCCNC(CC(C)CC(C)(C)C)CC1CCOCC1. The van der Waals surface area contributed by atoms with E-state index in [-0.39, 0.29) is 0 Å². The Kier molecular flexibility index (Phi) is 8.13. The highest BCUT2D eigenvalue weighted by molar-refractivity contribution is 4.77. The molecule has 0 bridgehead atoms. The zero-order valence-corrected chi connectivity index (χ0v) is 14.5. The summed E-state index contributed by atoms with van der Waals surface area (Å²) in [7, 11) is 0. The molecule has 0 saturated carbocycles. The molecular formula is C18H37NO. The molecule has 1 saturated heterocycles. The van der Waals surface area contributed by atoms with Crippen molar-refractivity contribution < 1.29 is 4.74 Å². The van der Waals surface area contributed by atoms with Crippen molar-refractivity contribution in [2.75, 3.05) is 19.8 Å². The fourth-order valence-corrected chi connectivity index (χ4v) is 3.61. The van der Waals surface area contributed by atoms with Gasteiger partial charge in [0.25, 0.3) is 0 Å². The lowest BCUT2D eigenvalue weighted by molar-refractivity contribution is 0.0593. The molecule has 2 atom stereocenters. The Morgan fingerprint density at radius 2 is 1.85 bits per heavy atom. The molecule has 20 heavy (non-hydrogen) atoms. The summed E-state index contributed by atoms with van der Waals surface area (Å²) in [5.41, 5.74) is 0.452. The van der Waals surface area contributed by atoms with Crippen LogP contribution < -0.4 is 5.32 Å². The Morgan fingerprint density at radius 3 is 2.40 bits per heavy atom. The van der Waals surface area contributed by atoms with Crippen molar-refractivity contribution in [1.29, 1.82) is 0 Å². The van der Waals surface area contributed by atoms with Crippen LogP contribution in [-0.4, -0.2) is 25.8 Å². The van der Waals surface area contributed by atoms with Gasteiger partial charge in [0, 0.05) is 19.3 Å². The van der Waals surface area contributed by atoms with Crippen molar-refractivity contribution >= 4 is 0 Å². The molecule has 1 N–H and O–H groups in total. The molecule has 0 aliphatic carbocycles. The summed E-state index contributed by atoms with van der Waals surface area (Å²) in [6.45, 7) is 14.9. The zero-order chi connectivity index (χ0) is 15.0. The Labute approximate surface area is 127 Å². The van der Waals surface area contributed by atoms with Gasteiger partial charge in [-0.1, -0.05) is 34.6 Å². The minimum absolute atomic E-state index is 0.452. The van der Waals surface area contributed by atoms with Gasteiger partial charge in [-0.25, -0.2) is 0 Å². The first-order valence-electron chi connectivity index (χ1n) is 8.72. The molecule has 120 valence electrons. The summed E-state index contributed by atoms with van der Waals surface area (Å²) in [4.78, 5) is 0. The third kappa shape index (κ3) is 8.26. The van der Waals surface area contributed by atoms with Crippen molar-refractivity contribution in [3.63, 3.8) is 0 Å².